The molecule has 0 saturated carbocycles. The van der Waals surface area contributed by atoms with Crippen molar-refractivity contribution >= 4 is 21.7 Å². The lowest BCUT2D eigenvalue weighted by atomic mass is 9.94. The highest BCUT2D eigenvalue weighted by Gasteiger charge is 2.36. The summed E-state index contributed by atoms with van der Waals surface area (Å²) >= 11 is 2.83. The van der Waals surface area contributed by atoms with Gasteiger partial charge in [0, 0.05) is 5.56 Å². The van der Waals surface area contributed by atoms with Crippen molar-refractivity contribution in [1.29, 1.82) is 5.26 Å². The van der Waals surface area contributed by atoms with Crippen molar-refractivity contribution in [3.63, 3.8) is 0 Å². The molecule has 0 aliphatic rings. The summed E-state index contributed by atoms with van der Waals surface area (Å²) in [6, 6.07) is 3.60. The first-order valence-corrected chi connectivity index (χ1v) is 5.65. The van der Waals surface area contributed by atoms with E-state index in [0.29, 0.717) is 0 Å². The van der Waals surface area contributed by atoms with Crippen molar-refractivity contribution in [2.24, 2.45) is 0 Å². The van der Waals surface area contributed by atoms with E-state index >= 15 is 0 Å². The molecule has 1 aromatic rings. The second-order valence-corrected chi connectivity index (χ2v) is 3.89. The summed E-state index contributed by atoms with van der Waals surface area (Å²) in [5.74, 6) is -0.688. The van der Waals surface area contributed by atoms with Gasteiger partial charge in [-0.3, -0.25) is 4.79 Å². The predicted molar refractivity (Wildman–Crippen MR) is 59.0 cm³/mol. The van der Waals surface area contributed by atoms with Gasteiger partial charge in [-0.1, -0.05) is 15.9 Å². The summed E-state index contributed by atoms with van der Waals surface area (Å²) in [5.41, 5.74) is -1.30. The van der Waals surface area contributed by atoms with Gasteiger partial charge in [0.15, 0.2) is 5.78 Å². The van der Waals surface area contributed by atoms with E-state index in [2.05, 4.69) is 15.9 Å². The molecule has 0 aliphatic carbocycles. The monoisotopic (exact) mass is 305 g/mol. The molecule has 2 nitrogen and oxygen atoms in total. The number of carbonyl (C=O) groups excluding carboxylic acids is 1. The van der Waals surface area contributed by atoms with E-state index < -0.39 is 23.1 Å². The molecule has 6 heteroatoms. The molecular weight excluding hydrogens is 299 g/mol. The van der Waals surface area contributed by atoms with Crippen LogP contribution in [0.15, 0.2) is 12.1 Å². The van der Waals surface area contributed by atoms with Gasteiger partial charge in [0.2, 0.25) is 0 Å². The topological polar surface area (TPSA) is 40.9 Å². The lowest BCUT2D eigenvalue weighted by molar-refractivity contribution is -0.137. The Balaban J connectivity index is 3.60. The Kier molecular flexibility index (Phi) is 3.94. The summed E-state index contributed by atoms with van der Waals surface area (Å²) in [7, 11) is 0. The van der Waals surface area contributed by atoms with E-state index in [1.807, 2.05) is 0 Å². The molecule has 0 atom stereocenters. The fourth-order valence-electron chi connectivity index (χ4n) is 1.50. The first kappa shape index (κ1) is 13.7. The van der Waals surface area contributed by atoms with Crippen LogP contribution in [0, 0.1) is 18.3 Å². The van der Waals surface area contributed by atoms with Crippen molar-refractivity contribution in [1.82, 2.24) is 0 Å². The van der Waals surface area contributed by atoms with Crippen molar-refractivity contribution < 1.29 is 18.0 Å². The van der Waals surface area contributed by atoms with Crippen LogP contribution in [0.1, 0.15) is 27.0 Å². The van der Waals surface area contributed by atoms with E-state index in [0.717, 1.165) is 12.1 Å². The van der Waals surface area contributed by atoms with Crippen LogP contribution in [0.3, 0.4) is 0 Å². The first-order valence-electron chi connectivity index (χ1n) is 4.53. The molecule has 0 aliphatic heterocycles. The maximum Gasteiger partial charge on any atom is 0.417 e. The number of hydrogen-bond donors (Lipinski definition) is 0. The molecule has 0 fully saturated rings. The maximum absolute atomic E-state index is 12.7. The number of Topliss-reactive ketones (excluding diaryl/α,β-unsaturated/α-hetero) is 1. The third kappa shape index (κ3) is 2.67. The minimum atomic E-state index is -4.61. The van der Waals surface area contributed by atoms with Crippen LogP contribution in [0.25, 0.3) is 0 Å². The van der Waals surface area contributed by atoms with Crippen LogP contribution in [-0.2, 0) is 6.18 Å². The van der Waals surface area contributed by atoms with Crippen LogP contribution >= 0.6 is 15.9 Å². The highest BCUT2D eigenvalue weighted by atomic mass is 79.9. The van der Waals surface area contributed by atoms with E-state index in [1.165, 1.54) is 6.92 Å². The summed E-state index contributed by atoms with van der Waals surface area (Å²) in [5, 5.41) is 8.52. The third-order valence-corrected chi connectivity index (χ3v) is 2.80. The lowest BCUT2D eigenvalue weighted by Crippen LogP contribution is -2.16. The number of benzene rings is 1. The number of rotatable bonds is 2. The fourth-order valence-corrected chi connectivity index (χ4v) is 1.78. The molecule has 0 spiro atoms. The smallest absolute Gasteiger partial charge is 0.293 e. The summed E-state index contributed by atoms with van der Waals surface area (Å²) in [4.78, 5) is 11.5. The number of nitrogens with zero attached hydrogens (tertiary/aromatic N) is 1. The molecule has 0 aromatic heterocycles. The van der Waals surface area contributed by atoms with Gasteiger partial charge in [-0.2, -0.15) is 18.4 Å². The second-order valence-electron chi connectivity index (χ2n) is 3.33. The van der Waals surface area contributed by atoms with Crippen LogP contribution in [-0.4, -0.2) is 11.1 Å². The van der Waals surface area contributed by atoms with Crippen LogP contribution in [0.4, 0.5) is 13.2 Å². The van der Waals surface area contributed by atoms with Gasteiger partial charge < -0.3 is 0 Å². The van der Waals surface area contributed by atoms with Crippen molar-refractivity contribution in [3.05, 3.63) is 34.4 Å². The van der Waals surface area contributed by atoms with Crippen LogP contribution in [0.2, 0.25) is 0 Å². The first-order chi connectivity index (χ1) is 7.82. The molecule has 17 heavy (non-hydrogen) atoms. The second kappa shape index (κ2) is 4.88. The molecule has 90 valence electrons. The Morgan fingerprint density at radius 3 is 2.47 bits per heavy atom. The quantitative estimate of drug-likeness (QED) is 0.620. The van der Waals surface area contributed by atoms with Gasteiger partial charge in [0.1, 0.15) is 0 Å². The van der Waals surface area contributed by atoms with Crippen LogP contribution in [0.5, 0.6) is 0 Å². The molecule has 0 amide bonds. The molecule has 0 radical (unpaired) electrons. The lowest BCUT2D eigenvalue weighted by Gasteiger charge is -2.14. The van der Waals surface area contributed by atoms with Gasteiger partial charge in [-0.15, -0.1) is 0 Å². The van der Waals surface area contributed by atoms with Crippen molar-refractivity contribution in [2.45, 2.75) is 13.1 Å². The Morgan fingerprint density at radius 1 is 1.47 bits per heavy atom. The van der Waals surface area contributed by atoms with E-state index in [-0.39, 0.29) is 16.5 Å². The largest absolute Gasteiger partial charge is 0.417 e. The highest BCUT2D eigenvalue weighted by molar-refractivity contribution is 9.09. The summed E-state index contributed by atoms with van der Waals surface area (Å²) in [6.45, 7) is 1.34. The van der Waals surface area contributed by atoms with Gasteiger partial charge >= 0.3 is 6.18 Å². The average Bonchev–Trinajstić information content (AvgIpc) is 2.26. The van der Waals surface area contributed by atoms with Crippen molar-refractivity contribution in [3.8, 4) is 6.07 Å². The maximum atomic E-state index is 12.7. The summed E-state index contributed by atoms with van der Waals surface area (Å²) < 4.78 is 38.1. The zero-order chi connectivity index (χ0) is 13.2. The van der Waals surface area contributed by atoms with E-state index in [1.54, 1.807) is 6.07 Å². The fraction of sp³-hybridized carbons (Fsp3) is 0.273. The molecule has 0 unspecified atom stereocenters. The molecule has 1 rings (SSSR count). The van der Waals surface area contributed by atoms with Gasteiger partial charge in [-0.25, -0.2) is 0 Å². The number of nitriles is 1. The molecule has 1 aromatic carbocycles. The van der Waals surface area contributed by atoms with Crippen molar-refractivity contribution in [2.75, 3.05) is 5.33 Å². The SMILES string of the molecule is Cc1c(C#N)ccc(C(F)(F)F)c1C(=O)CBr. The van der Waals surface area contributed by atoms with Gasteiger partial charge in [-0.05, 0) is 24.6 Å². The Labute approximate surface area is 104 Å². The van der Waals surface area contributed by atoms with Gasteiger partial charge in [0.05, 0.1) is 22.5 Å². The van der Waals surface area contributed by atoms with E-state index in [4.69, 9.17) is 5.26 Å². The normalized spacial score (nSPS) is 11.1. The number of ketones is 1. The number of halogens is 4. The number of hydrogen-bond acceptors (Lipinski definition) is 2. The third-order valence-electron chi connectivity index (χ3n) is 2.29. The molecule has 0 bridgehead atoms. The number of alkyl halides is 4. The zero-order valence-electron chi connectivity index (χ0n) is 8.73. The Morgan fingerprint density at radius 2 is 2.06 bits per heavy atom. The predicted octanol–water partition coefficient (Wildman–Crippen LogP) is 3.46. The molecule has 0 saturated heterocycles. The zero-order valence-corrected chi connectivity index (χ0v) is 10.3. The standard InChI is InChI=1S/C11H7BrF3NO/c1-6-7(5-16)2-3-8(11(13,14)15)10(6)9(17)4-12/h2-3H,4H2,1H3. The molecule has 0 N–H and O–H groups in total. The minimum absolute atomic E-state index is 0.0618. The average molecular weight is 306 g/mol. The highest BCUT2D eigenvalue weighted by Crippen LogP contribution is 2.34. The number of carbonyl (C=O) groups is 1. The van der Waals surface area contributed by atoms with Gasteiger partial charge in [0.25, 0.3) is 0 Å². The Hall–Kier alpha value is -1.35. The summed E-state index contributed by atoms with van der Waals surface area (Å²) in [6.07, 6.45) is -4.61. The van der Waals surface area contributed by atoms with E-state index in [9.17, 15) is 18.0 Å². The minimum Gasteiger partial charge on any atom is -0.293 e. The van der Waals surface area contributed by atoms with Crippen LogP contribution < -0.4 is 0 Å². The molecule has 0 heterocycles. The molecular formula is C11H7BrF3NO. The Bertz CT molecular complexity index is 503.